The number of methoxy groups -OCH3 is 1. The van der Waals surface area contributed by atoms with Crippen LogP contribution >= 0.6 is 11.8 Å². The standard InChI is InChI=1S/C23H27N5O3S/c1-14-10-15(2)12-18(11-14)25-20(29)13-32-23-27-26-21(28(23)4)16(3)24-22(30)17-6-8-19(31-5)9-7-17/h6-12,16H,13H2,1-5H3,(H,24,30)(H,25,29)/t16-/m0/s1. The van der Waals surface area contributed by atoms with Crippen LogP contribution in [0.15, 0.2) is 47.6 Å². The summed E-state index contributed by atoms with van der Waals surface area (Å²) in [5, 5.41) is 14.8. The topological polar surface area (TPSA) is 98.1 Å². The Labute approximate surface area is 191 Å². The molecule has 0 spiro atoms. The summed E-state index contributed by atoms with van der Waals surface area (Å²) in [6.07, 6.45) is 0. The molecule has 0 aliphatic rings. The van der Waals surface area contributed by atoms with Crippen molar-refractivity contribution < 1.29 is 14.3 Å². The smallest absolute Gasteiger partial charge is 0.251 e. The van der Waals surface area contributed by atoms with Gasteiger partial charge in [-0.3, -0.25) is 9.59 Å². The van der Waals surface area contributed by atoms with E-state index in [0.29, 0.717) is 22.3 Å². The maximum atomic E-state index is 12.5. The van der Waals surface area contributed by atoms with E-state index in [1.54, 1.807) is 35.9 Å². The largest absolute Gasteiger partial charge is 0.497 e. The molecular weight excluding hydrogens is 426 g/mol. The number of thioether (sulfide) groups is 1. The van der Waals surface area contributed by atoms with Gasteiger partial charge in [-0.05, 0) is 68.3 Å². The van der Waals surface area contributed by atoms with Crippen LogP contribution in [0.2, 0.25) is 0 Å². The average molecular weight is 454 g/mol. The van der Waals surface area contributed by atoms with Gasteiger partial charge in [0.15, 0.2) is 11.0 Å². The summed E-state index contributed by atoms with van der Waals surface area (Å²) >= 11 is 1.29. The number of aromatic nitrogens is 3. The normalized spacial score (nSPS) is 11.7. The molecule has 0 bridgehead atoms. The third-order valence-electron chi connectivity index (χ3n) is 4.79. The molecule has 0 unspecified atom stereocenters. The summed E-state index contributed by atoms with van der Waals surface area (Å²) in [5.41, 5.74) is 3.49. The molecule has 0 radical (unpaired) electrons. The van der Waals surface area contributed by atoms with Crippen LogP contribution in [0.3, 0.4) is 0 Å². The Morgan fingerprint density at radius 1 is 1.09 bits per heavy atom. The van der Waals surface area contributed by atoms with Gasteiger partial charge in [0.05, 0.1) is 18.9 Å². The average Bonchev–Trinajstić information content (AvgIpc) is 3.12. The van der Waals surface area contributed by atoms with Crippen LogP contribution in [0, 0.1) is 13.8 Å². The minimum absolute atomic E-state index is 0.120. The van der Waals surface area contributed by atoms with Crippen molar-refractivity contribution in [3.63, 3.8) is 0 Å². The molecule has 0 aliphatic heterocycles. The Morgan fingerprint density at radius 2 is 1.75 bits per heavy atom. The first-order chi connectivity index (χ1) is 15.3. The van der Waals surface area contributed by atoms with E-state index < -0.39 is 0 Å². The SMILES string of the molecule is COc1ccc(C(=O)N[C@@H](C)c2nnc(SCC(=O)Nc3cc(C)cc(C)c3)n2C)cc1. The molecule has 8 nitrogen and oxygen atoms in total. The Morgan fingerprint density at radius 3 is 2.38 bits per heavy atom. The molecule has 1 aromatic heterocycles. The maximum Gasteiger partial charge on any atom is 0.251 e. The summed E-state index contributed by atoms with van der Waals surface area (Å²) < 4.78 is 6.90. The molecule has 0 saturated carbocycles. The number of aryl methyl sites for hydroxylation is 2. The first kappa shape index (κ1) is 23.3. The number of amides is 2. The molecule has 0 saturated heterocycles. The number of ether oxygens (including phenoxy) is 1. The van der Waals surface area contributed by atoms with Crippen LogP contribution in [0.1, 0.15) is 40.3 Å². The minimum atomic E-state index is -0.361. The van der Waals surface area contributed by atoms with Crippen LogP contribution < -0.4 is 15.4 Å². The summed E-state index contributed by atoms with van der Waals surface area (Å²) in [6, 6.07) is 12.4. The predicted molar refractivity (Wildman–Crippen MR) is 125 cm³/mol. The highest BCUT2D eigenvalue weighted by Crippen LogP contribution is 2.21. The number of hydrogen-bond acceptors (Lipinski definition) is 6. The fourth-order valence-electron chi connectivity index (χ4n) is 3.29. The highest BCUT2D eigenvalue weighted by Gasteiger charge is 2.19. The van der Waals surface area contributed by atoms with Gasteiger partial charge in [0, 0.05) is 18.3 Å². The number of rotatable bonds is 8. The van der Waals surface area contributed by atoms with Crippen molar-refractivity contribution in [2.45, 2.75) is 32.0 Å². The second-order valence-electron chi connectivity index (χ2n) is 7.54. The summed E-state index contributed by atoms with van der Waals surface area (Å²) in [7, 11) is 3.39. The van der Waals surface area contributed by atoms with Crippen molar-refractivity contribution in [3.05, 3.63) is 65.0 Å². The fraction of sp³-hybridized carbons (Fsp3) is 0.304. The molecule has 1 heterocycles. The van der Waals surface area contributed by atoms with Gasteiger partial charge in [-0.2, -0.15) is 0 Å². The van der Waals surface area contributed by atoms with Gasteiger partial charge in [-0.25, -0.2) is 0 Å². The first-order valence-corrected chi connectivity index (χ1v) is 11.1. The Kier molecular flexibility index (Phi) is 7.53. The van der Waals surface area contributed by atoms with Gasteiger partial charge in [0.1, 0.15) is 5.75 Å². The Hall–Kier alpha value is -3.33. The number of nitrogens with one attached hydrogen (secondary N) is 2. The van der Waals surface area contributed by atoms with Crippen molar-refractivity contribution in [3.8, 4) is 5.75 Å². The lowest BCUT2D eigenvalue weighted by atomic mass is 10.1. The maximum absolute atomic E-state index is 12.5. The van der Waals surface area contributed by atoms with Gasteiger partial charge < -0.3 is 19.9 Å². The van der Waals surface area contributed by atoms with E-state index in [2.05, 4.69) is 26.9 Å². The molecule has 0 fully saturated rings. The molecule has 9 heteroatoms. The molecule has 168 valence electrons. The number of anilines is 1. The molecular formula is C23H27N5O3S. The van der Waals surface area contributed by atoms with E-state index in [-0.39, 0.29) is 23.6 Å². The lowest BCUT2D eigenvalue weighted by Crippen LogP contribution is -2.28. The van der Waals surface area contributed by atoms with Crippen LogP contribution in [0.5, 0.6) is 5.75 Å². The van der Waals surface area contributed by atoms with Gasteiger partial charge >= 0.3 is 0 Å². The van der Waals surface area contributed by atoms with Crippen LogP contribution in [-0.4, -0.2) is 39.4 Å². The van der Waals surface area contributed by atoms with Crippen molar-refractivity contribution in [2.75, 3.05) is 18.2 Å². The van der Waals surface area contributed by atoms with Crippen molar-refractivity contribution in [2.24, 2.45) is 7.05 Å². The van der Waals surface area contributed by atoms with Crippen molar-refractivity contribution in [1.82, 2.24) is 20.1 Å². The van der Waals surface area contributed by atoms with Crippen LogP contribution in [-0.2, 0) is 11.8 Å². The first-order valence-electron chi connectivity index (χ1n) is 10.1. The van der Waals surface area contributed by atoms with Gasteiger partial charge in [0.2, 0.25) is 5.91 Å². The lowest BCUT2D eigenvalue weighted by molar-refractivity contribution is -0.113. The van der Waals surface area contributed by atoms with Gasteiger partial charge in [-0.1, -0.05) is 17.8 Å². The minimum Gasteiger partial charge on any atom is -0.497 e. The van der Waals surface area contributed by atoms with Crippen LogP contribution in [0.25, 0.3) is 0 Å². The highest BCUT2D eigenvalue weighted by molar-refractivity contribution is 7.99. The third-order valence-corrected chi connectivity index (χ3v) is 5.81. The summed E-state index contributed by atoms with van der Waals surface area (Å²) in [4.78, 5) is 24.9. The second kappa shape index (κ2) is 10.3. The van der Waals surface area contributed by atoms with Crippen molar-refractivity contribution in [1.29, 1.82) is 0 Å². The van der Waals surface area contributed by atoms with E-state index in [0.717, 1.165) is 16.8 Å². The number of hydrogen-bond donors (Lipinski definition) is 2. The van der Waals surface area contributed by atoms with E-state index >= 15 is 0 Å². The quantitative estimate of drug-likeness (QED) is 0.505. The molecule has 1 atom stereocenters. The number of carbonyl (C=O) groups is 2. The molecule has 2 aromatic carbocycles. The molecule has 0 aliphatic carbocycles. The number of nitrogens with zero attached hydrogens (tertiary/aromatic N) is 3. The molecule has 32 heavy (non-hydrogen) atoms. The summed E-state index contributed by atoms with van der Waals surface area (Å²) in [5.74, 6) is 1.15. The van der Waals surface area contributed by atoms with Crippen LogP contribution in [0.4, 0.5) is 5.69 Å². The molecule has 3 aromatic rings. The van der Waals surface area contributed by atoms with E-state index in [1.807, 2.05) is 40.0 Å². The monoisotopic (exact) mass is 453 g/mol. The van der Waals surface area contributed by atoms with Gasteiger partial charge in [0.25, 0.3) is 5.91 Å². The zero-order valence-corrected chi connectivity index (χ0v) is 19.6. The second-order valence-corrected chi connectivity index (χ2v) is 8.48. The molecule has 2 N–H and O–H groups in total. The zero-order valence-electron chi connectivity index (χ0n) is 18.8. The van der Waals surface area contributed by atoms with E-state index in [9.17, 15) is 9.59 Å². The Bertz CT molecular complexity index is 1090. The fourth-order valence-corrected chi connectivity index (χ4v) is 4.01. The van der Waals surface area contributed by atoms with E-state index in [1.165, 1.54) is 11.8 Å². The van der Waals surface area contributed by atoms with Gasteiger partial charge in [-0.15, -0.1) is 10.2 Å². The van der Waals surface area contributed by atoms with Crippen molar-refractivity contribution >= 4 is 29.3 Å². The third kappa shape index (κ3) is 5.88. The molecule has 2 amide bonds. The number of carbonyl (C=O) groups excluding carboxylic acids is 2. The predicted octanol–water partition coefficient (Wildman–Crippen LogP) is 3.66. The number of benzene rings is 2. The highest BCUT2D eigenvalue weighted by atomic mass is 32.2. The summed E-state index contributed by atoms with van der Waals surface area (Å²) in [6.45, 7) is 5.83. The molecule has 3 rings (SSSR count). The lowest BCUT2D eigenvalue weighted by Gasteiger charge is -2.14. The Balaban J connectivity index is 1.57. The zero-order chi connectivity index (χ0) is 23.3. The van der Waals surface area contributed by atoms with E-state index in [4.69, 9.17) is 4.74 Å².